The number of pyridine rings is 1. The molecule has 0 aliphatic carbocycles. The minimum absolute atomic E-state index is 0.144. The third kappa shape index (κ3) is 4.37. The quantitative estimate of drug-likeness (QED) is 0.803. The van der Waals surface area contributed by atoms with Crippen LogP contribution in [-0.2, 0) is 9.59 Å². The van der Waals surface area contributed by atoms with Gasteiger partial charge in [0.25, 0.3) is 0 Å². The van der Waals surface area contributed by atoms with Crippen molar-refractivity contribution in [3.63, 3.8) is 0 Å². The zero-order chi connectivity index (χ0) is 13.8. The van der Waals surface area contributed by atoms with Gasteiger partial charge in [-0.05, 0) is 23.8 Å². The van der Waals surface area contributed by atoms with Crippen LogP contribution in [0.25, 0.3) is 6.08 Å². The first-order valence-corrected chi connectivity index (χ1v) is 5.47. The van der Waals surface area contributed by atoms with Crippen LogP contribution in [0.2, 0.25) is 0 Å². The predicted octanol–water partition coefficient (Wildman–Crippen LogP) is 2.16. The Morgan fingerprint density at radius 3 is 2.61 bits per heavy atom. The molecule has 0 spiro atoms. The fourth-order valence-corrected chi connectivity index (χ4v) is 1.09. The molecule has 0 aliphatic rings. The highest BCUT2D eigenvalue weighted by atomic mass is 16.4. The van der Waals surface area contributed by atoms with Crippen LogP contribution in [0.5, 0.6) is 0 Å². The molecule has 96 valence electrons. The lowest BCUT2D eigenvalue weighted by molar-refractivity contribution is -0.131. The van der Waals surface area contributed by atoms with Crippen molar-refractivity contribution in [3.8, 4) is 0 Å². The summed E-state index contributed by atoms with van der Waals surface area (Å²) < 4.78 is 0. The molecular formula is C13H16N2O3. The van der Waals surface area contributed by atoms with Gasteiger partial charge < -0.3 is 10.4 Å². The summed E-state index contributed by atoms with van der Waals surface area (Å²) in [7, 11) is 0. The van der Waals surface area contributed by atoms with Crippen LogP contribution in [0, 0.1) is 5.41 Å². The minimum atomic E-state index is -1.02. The van der Waals surface area contributed by atoms with Crippen molar-refractivity contribution in [3.05, 3.63) is 30.0 Å². The number of carbonyl (C=O) groups is 2. The lowest BCUT2D eigenvalue weighted by Crippen LogP contribution is -2.28. The summed E-state index contributed by atoms with van der Waals surface area (Å²) >= 11 is 0. The number of amides is 1. The third-order valence-corrected chi connectivity index (χ3v) is 2.13. The maximum Gasteiger partial charge on any atom is 0.328 e. The molecule has 1 aromatic heterocycles. The van der Waals surface area contributed by atoms with E-state index in [0.717, 1.165) is 6.08 Å². The number of carbonyl (C=O) groups excluding carboxylic acids is 1. The number of aromatic nitrogens is 1. The molecule has 5 heteroatoms. The first-order chi connectivity index (χ1) is 8.29. The van der Waals surface area contributed by atoms with Crippen LogP contribution in [0.1, 0.15) is 26.3 Å². The lowest BCUT2D eigenvalue weighted by Gasteiger charge is -2.17. The van der Waals surface area contributed by atoms with E-state index in [9.17, 15) is 9.59 Å². The lowest BCUT2D eigenvalue weighted by atomic mass is 9.96. The Morgan fingerprint density at radius 2 is 2.06 bits per heavy atom. The second-order valence-electron chi connectivity index (χ2n) is 4.85. The van der Waals surface area contributed by atoms with Gasteiger partial charge in [0.1, 0.15) is 5.82 Å². The van der Waals surface area contributed by atoms with Crippen molar-refractivity contribution >= 4 is 23.8 Å². The highest BCUT2D eigenvalue weighted by molar-refractivity contribution is 5.94. The van der Waals surface area contributed by atoms with Crippen LogP contribution in [0.4, 0.5) is 5.82 Å². The van der Waals surface area contributed by atoms with Crippen LogP contribution in [0.3, 0.4) is 0 Å². The maximum absolute atomic E-state index is 11.7. The van der Waals surface area contributed by atoms with E-state index in [1.165, 1.54) is 12.3 Å². The summed E-state index contributed by atoms with van der Waals surface area (Å²) in [5, 5.41) is 11.2. The van der Waals surface area contributed by atoms with E-state index in [0.29, 0.717) is 11.4 Å². The van der Waals surface area contributed by atoms with E-state index in [2.05, 4.69) is 10.3 Å². The standard InChI is InChI=1S/C13H16N2O3/c1-13(2,3)12(18)15-10-8-9(6-7-14-10)4-5-11(16)17/h4-8H,1-3H3,(H,16,17)(H,14,15,18)/b5-4+. The van der Waals surface area contributed by atoms with Gasteiger partial charge >= 0.3 is 5.97 Å². The molecule has 1 rings (SSSR count). The Morgan fingerprint density at radius 1 is 1.39 bits per heavy atom. The van der Waals surface area contributed by atoms with Crippen LogP contribution in [-0.4, -0.2) is 22.0 Å². The van der Waals surface area contributed by atoms with Gasteiger partial charge in [-0.2, -0.15) is 0 Å². The number of hydrogen-bond acceptors (Lipinski definition) is 3. The largest absolute Gasteiger partial charge is 0.478 e. The minimum Gasteiger partial charge on any atom is -0.478 e. The maximum atomic E-state index is 11.7. The highest BCUT2D eigenvalue weighted by Crippen LogP contribution is 2.16. The molecule has 0 fully saturated rings. The number of carboxylic acid groups (broad SMARTS) is 1. The van der Waals surface area contributed by atoms with E-state index in [4.69, 9.17) is 5.11 Å². The van der Waals surface area contributed by atoms with Crippen LogP contribution >= 0.6 is 0 Å². The molecule has 0 radical (unpaired) electrons. The summed E-state index contributed by atoms with van der Waals surface area (Å²) in [6.07, 6.45) is 3.99. The second kappa shape index (κ2) is 5.44. The molecule has 0 atom stereocenters. The summed E-state index contributed by atoms with van der Waals surface area (Å²) in [4.78, 5) is 26.1. The number of nitrogens with one attached hydrogen (secondary N) is 1. The van der Waals surface area contributed by atoms with Crippen molar-refractivity contribution in [2.24, 2.45) is 5.41 Å². The topological polar surface area (TPSA) is 79.3 Å². The Hall–Kier alpha value is -2.17. The molecule has 1 amide bonds. The Bertz CT molecular complexity index is 487. The van der Waals surface area contributed by atoms with Gasteiger partial charge in [0.15, 0.2) is 0 Å². The molecule has 2 N–H and O–H groups in total. The van der Waals surface area contributed by atoms with E-state index < -0.39 is 11.4 Å². The molecular weight excluding hydrogens is 232 g/mol. The van der Waals surface area contributed by atoms with Crippen molar-refractivity contribution < 1.29 is 14.7 Å². The van der Waals surface area contributed by atoms with Crippen molar-refractivity contribution in [1.82, 2.24) is 4.98 Å². The average Bonchev–Trinajstić information content (AvgIpc) is 2.25. The smallest absolute Gasteiger partial charge is 0.328 e. The molecule has 0 saturated carbocycles. The third-order valence-electron chi connectivity index (χ3n) is 2.13. The number of anilines is 1. The molecule has 0 bridgehead atoms. The van der Waals surface area contributed by atoms with Gasteiger partial charge in [-0.3, -0.25) is 4.79 Å². The van der Waals surface area contributed by atoms with Crippen LogP contribution in [0.15, 0.2) is 24.4 Å². The molecule has 1 heterocycles. The number of carboxylic acids is 1. The van der Waals surface area contributed by atoms with Crippen molar-refractivity contribution in [2.75, 3.05) is 5.32 Å². The fourth-order valence-electron chi connectivity index (χ4n) is 1.09. The molecule has 18 heavy (non-hydrogen) atoms. The van der Waals surface area contributed by atoms with Gasteiger partial charge in [0, 0.05) is 17.7 Å². The van der Waals surface area contributed by atoms with Crippen LogP contribution < -0.4 is 5.32 Å². The highest BCUT2D eigenvalue weighted by Gasteiger charge is 2.21. The second-order valence-corrected chi connectivity index (χ2v) is 4.85. The number of rotatable bonds is 3. The van der Waals surface area contributed by atoms with Crippen molar-refractivity contribution in [2.45, 2.75) is 20.8 Å². The van der Waals surface area contributed by atoms with Gasteiger partial charge in [0.2, 0.25) is 5.91 Å². The zero-order valence-corrected chi connectivity index (χ0v) is 10.6. The summed E-state index contributed by atoms with van der Waals surface area (Å²) in [5.41, 5.74) is 0.158. The van der Waals surface area contributed by atoms with E-state index in [1.54, 1.807) is 32.9 Å². The Labute approximate surface area is 106 Å². The molecule has 0 saturated heterocycles. The number of aliphatic carboxylic acids is 1. The zero-order valence-electron chi connectivity index (χ0n) is 10.6. The molecule has 0 aromatic carbocycles. The Kier molecular flexibility index (Phi) is 4.20. The first kappa shape index (κ1) is 13.9. The normalized spacial score (nSPS) is 11.5. The van der Waals surface area contributed by atoms with E-state index >= 15 is 0 Å². The van der Waals surface area contributed by atoms with Gasteiger partial charge in [-0.1, -0.05) is 20.8 Å². The van der Waals surface area contributed by atoms with Gasteiger partial charge in [0.05, 0.1) is 0 Å². The monoisotopic (exact) mass is 248 g/mol. The first-order valence-electron chi connectivity index (χ1n) is 5.47. The van der Waals surface area contributed by atoms with Gasteiger partial charge in [-0.15, -0.1) is 0 Å². The van der Waals surface area contributed by atoms with E-state index in [1.807, 2.05) is 0 Å². The SMILES string of the molecule is CC(C)(C)C(=O)Nc1cc(/C=C/C(=O)O)ccn1. The summed E-state index contributed by atoms with van der Waals surface area (Å²) in [6.45, 7) is 5.41. The van der Waals surface area contributed by atoms with Gasteiger partial charge in [-0.25, -0.2) is 9.78 Å². The Balaban J connectivity index is 2.83. The molecule has 0 aliphatic heterocycles. The average molecular weight is 248 g/mol. The van der Waals surface area contributed by atoms with E-state index in [-0.39, 0.29) is 5.91 Å². The molecule has 1 aromatic rings. The summed E-state index contributed by atoms with van der Waals surface area (Å²) in [5.74, 6) is -0.760. The molecule has 0 unspecified atom stereocenters. The predicted molar refractivity (Wildman–Crippen MR) is 69.0 cm³/mol. The van der Waals surface area contributed by atoms with Crippen molar-refractivity contribution in [1.29, 1.82) is 0 Å². The summed E-state index contributed by atoms with van der Waals surface area (Å²) in [6, 6.07) is 3.27. The fraction of sp³-hybridized carbons (Fsp3) is 0.308. The number of hydrogen-bond donors (Lipinski definition) is 2. The number of nitrogens with zero attached hydrogens (tertiary/aromatic N) is 1. The molecule has 5 nitrogen and oxygen atoms in total.